The van der Waals surface area contributed by atoms with E-state index in [1.54, 1.807) is 47.4 Å². The van der Waals surface area contributed by atoms with Crippen LogP contribution in [0.15, 0.2) is 65.1 Å². The average molecular weight is 484 g/mol. The SMILES string of the molecule is COC(=O)C1=C(N)N(c2ccccc2Cl)C2=C(C(=O)CCC2)C12C(=O)Nc1ccc(Cl)cc12. The predicted octanol–water partition coefficient (Wildman–Crippen LogP) is 4.05. The van der Waals surface area contributed by atoms with Gasteiger partial charge in [-0.3, -0.25) is 14.5 Å². The summed E-state index contributed by atoms with van der Waals surface area (Å²) in [5, 5.41) is 3.54. The van der Waals surface area contributed by atoms with Crippen molar-refractivity contribution in [3.8, 4) is 0 Å². The molecule has 1 unspecified atom stereocenters. The highest BCUT2D eigenvalue weighted by Crippen LogP contribution is 2.56. The van der Waals surface area contributed by atoms with Crippen LogP contribution in [0, 0.1) is 0 Å². The van der Waals surface area contributed by atoms with Crippen molar-refractivity contribution in [1.29, 1.82) is 0 Å². The zero-order chi connectivity index (χ0) is 23.5. The minimum absolute atomic E-state index is 0.0219. The number of hydrogen-bond donors (Lipinski definition) is 2. The molecule has 1 atom stereocenters. The zero-order valence-corrected chi connectivity index (χ0v) is 19.1. The molecule has 1 spiro atoms. The van der Waals surface area contributed by atoms with E-state index in [9.17, 15) is 14.4 Å². The van der Waals surface area contributed by atoms with Crippen molar-refractivity contribution in [2.75, 3.05) is 17.3 Å². The number of benzene rings is 2. The Morgan fingerprint density at radius 2 is 1.91 bits per heavy atom. The Balaban J connectivity index is 1.94. The molecule has 1 amide bonds. The predicted molar refractivity (Wildman–Crippen MR) is 125 cm³/mol. The normalized spacial score (nSPS) is 21.8. The van der Waals surface area contributed by atoms with Gasteiger partial charge in [0, 0.05) is 34.0 Å². The van der Waals surface area contributed by atoms with Crippen LogP contribution in [0.4, 0.5) is 11.4 Å². The lowest BCUT2D eigenvalue weighted by Gasteiger charge is -2.44. The van der Waals surface area contributed by atoms with E-state index in [-0.39, 0.29) is 29.2 Å². The number of Topliss-reactive ketones (excluding diaryl/α,β-unsaturated/α-hetero) is 1. The summed E-state index contributed by atoms with van der Waals surface area (Å²) >= 11 is 12.8. The molecule has 168 valence electrons. The van der Waals surface area contributed by atoms with Gasteiger partial charge in [-0.05, 0) is 43.2 Å². The lowest BCUT2D eigenvalue weighted by Crippen LogP contribution is -2.53. The molecule has 0 radical (unpaired) electrons. The van der Waals surface area contributed by atoms with Crippen molar-refractivity contribution >= 4 is 52.2 Å². The maximum absolute atomic E-state index is 13.7. The Labute approximate surface area is 199 Å². The molecule has 2 aromatic carbocycles. The number of methoxy groups -OCH3 is 1. The fourth-order valence-electron chi connectivity index (χ4n) is 5.09. The second-order valence-corrected chi connectivity index (χ2v) is 8.87. The van der Waals surface area contributed by atoms with Gasteiger partial charge in [0.05, 0.1) is 17.8 Å². The van der Waals surface area contributed by atoms with Crippen LogP contribution >= 0.6 is 23.2 Å². The number of amides is 1. The van der Waals surface area contributed by atoms with Gasteiger partial charge >= 0.3 is 5.97 Å². The largest absolute Gasteiger partial charge is 0.466 e. The third-order valence-electron chi connectivity index (χ3n) is 6.36. The van der Waals surface area contributed by atoms with Gasteiger partial charge in [0.15, 0.2) is 5.78 Å². The van der Waals surface area contributed by atoms with E-state index in [1.807, 2.05) is 0 Å². The third kappa shape index (κ3) is 2.85. The molecule has 2 aliphatic heterocycles. The lowest BCUT2D eigenvalue weighted by atomic mass is 9.63. The number of esters is 1. The number of nitrogens with zero attached hydrogens (tertiary/aromatic N) is 1. The van der Waals surface area contributed by atoms with Gasteiger partial charge in [-0.2, -0.15) is 0 Å². The van der Waals surface area contributed by atoms with Crippen LogP contribution in [0.3, 0.4) is 0 Å². The highest BCUT2D eigenvalue weighted by atomic mass is 35.5. The molecule has 5 rings (SSSR count). The molecule has 0 saturated carbocycles. The van der Waals surface area contributed by atoms with Crippen molar-refractivity contribution < 1.29 is 19.1 Å². The Hall–Kier alpha value is -3.29. The van der Waals surface area contributed by atoms with Crippen LogP contribution in [-0.2, 0) is 24.5 Å². The van der Waals surface area contributed by atoms with Crippen LogP contribution in [0.2, 0.25) is 10.0 Å². The fraction of sp³-hybridized carbons (Fsp3) is 0.208. The first-order chi connectivity index (χ1) is 15.8. The number of fused-ring (bicyclic) bond motifs is 3. The van der Waals surface area contributed by atoms with Crippen molar-refractivity contribution in [3.63, 3.8) is 0 Å². The molecule has 0 saturated heterocycles. The number of hydrogen-bond acceptors (Lipinski definition) is 6. The molecule has 0 aromatic heterocycles. The highest BCUT2D eigenvalue weighted by molar-refractivity contribution is 6.34. The van der Waals surface area contributed by atoms with Crippen molar-refractivity contribution in [1.82, 2.24) is 0 Å². The molecule has 3 N–H and O–H groups in total. The quantitative estimate of drug-likeness (QED) is 0.624. The summed E-state index contributed by atoms with van der Waals surface area (Å²) in [6, 6.07) is 11.8. The van der Waals surface area contributed by atoms with Gasteiger partial charge in [-0.15, -0.1) is 0 Å². The van der Waals surface area contributed by atoms with Gasteiger partial charge in [0.25, 0.3) is 0 Å². The molecule has 0 bridgehead atoms. The standard InChI is InChI=1S/C24H19Cl2N3O4/c1-33-22(31)20-21(27)29(16-6-3-2-5-14(16)26)17-7-4-8-18(30)19(17)24(20)13-11-12(25)9-10-15(13)28-23(24)32/h2-3,5-6,9-11H,4,7-8,27H2,1H3,(H,28,32). The molecule has 1 aliphatic carbocycles. The van der Waals surface area contributed by atoms with Crippen molar-refractivity contribution in [3.05, 3.63) is 80.7 Å². The number of rotatable bonds is 2. The number of halogens is 2. The number of ether oxygens (including phenoxy) is 1. The van der Waals surface area contributed by atoms with Crippen LogP contribution in [-0.4, -0.2) is 24.8 Å². The summed E-state index contributed by atoms with van der Waals surface area (Å²) in [6.07, 6.45) is 1.26. The summed E-state index contributed by atoms with van der Waals surface area (Å²) in [4.78, 5) is 42.1. The van der Waals surface area contributed by atoms with Crippen molar-refractivity contribution in [2.45, 2.75) is 24.7 Å². The van der Waals surface area contributed by atoms with E-state index in [0.717, 1.165) is 0 Å². The Morgan fingerprint density at radius 1 is 1.15 bits per heavy atom. The average Bonchev–Trinajstić information content (AvgIpc) is 3.06. The van der Waals surface area contributed by atoms with E-state index in [2.05, 4.69) is 5.32 Å². The van der Waals surface area contributed by atoms with Crippen LogP contribution < -0.4 is 16.0 Å². The van der Waals surface area contributed by atoms with E-state index in [0.29, 0.717) is 45.5 Å². The van der Waals surface area contributed by atoms with E-state index < -0.39 is 17.3 Å². The number of allylic oxidation sites excluding steroid dienone is 1. The highest BCUT2D eigenvalue weighted by Gasteiger charge is 2.62. The molecular weight excluding hydrogens is 465 g/mol. The topological polar surface area (TPSA) is 102 Å². The van der Waals surface area contributed by atoms with E-state index in [4.69, 9.17) is 33.7 Å². The van der Waals surface area contributed by atoms with Crippen molar-refractivity contribution in [2.24, 2.45) is 5.73 Å². The Bertz CT molecular complexity index is 1320. The molecular formula is C24H19Cl2N3O4. The van der Waals surface area contributed by atoms with Crippen LogP contribution in [0.25, 0.3) is 0 Å². The second-order valence-electron chi connectivity index (χ2n) is 8.03. The maximum atomic E-state index is 13.7. The molecule has 33 heavy (non-hydrogen) atoms. The maximum Gasteiger partial charge on any atom is 0.339 e. The summed E-state index contributed by atoms with van der Waals surface area (Å²) < 4.78 is 5.09. The first-order valence-corrected chi connectivity index (χ1v) is 11.1. The van der Waals surface area contributed by atoms with Crippen LogP contribution in [0.5, 0.6) is 0 Å². The number of ketones is 1. The number of carbonyl (C=O) groups excluding carboxylic acids is 3. The minimum Gasteiger partial charge on any atom is -0.466 e. The molecule has 7 nitrogen and oxygen atoms in total. The summed E-state index contributed by atoms with van der Waals surface area (Å²) in [5.41, 5.74) is 6.81. The van der Waals surface area contributed by atoms with Gasteiger partial charge in [-0.1, -0.05) is 35.3 Å². The molecule has 2 aromatic rings. The van der Waals surface area contributed by atoms with E-state index >= 15 is 0 Å². The number of para-hydroxylation sites is 1. The van der Waals surface area contributed by atoms with Crippen LogP contribution in [0.1, 0.15) is 24.8 Å². The van der Waals surface area contributed by atoms with Gasteiger partial charge in [0.1, 0.15) is 16.8 Å². The third-order valence-corrected chi connectivity index (χ3v) is 6.91. The number of carbonyl (C=O) groups is 3. The zero-order valence-electron chi connectivity index (χ0n) is 17.6. The van der Waals surface area contributed by atoms with Gasteiger partial charge < -0.3 is 15.8 Å². The summed E-state index contributed by atoms with van der Waals surface area (Å²) in [6.45, 7) is 0. The summed E-state index contributed by atoms with van der Waals surface area (Å²) in [7, 11) is 1.20. The molecule has 0 fully saturated rings. The first kappa shape index (κ1) is 21.6. The smallest absolute Gasteiger partial charge is 0.339 e. The lowest BCUT2D eigenvalue weighted by molar-refractivity contribution is -0.138. The Morgan fingerprint density at radius 3 is 2.64 bits per heavy atom. The Kier molecular flexibility index (Phi) is 4.99. The van der Waals surface area contributed by atoms with Gasteiger partial charge in [-0.25, -0.2) is 4.79 Å². The minimum atomic E-state index is -1.78. The molecule has 9 heteroatoms. The molecule has 3 aliphatic rings. The summed E-state index contributed by atoms with van der Waals surface area (Å²) in [5.74, 6) is -1.64. The number of nitrogens with two attached hydrogens (primary N) is 1. The molecule has 2 heterocycles. The fourth-order valence-corrected chi connectivity index (χ4v) is 5.48. The number of nitrogens with one attached hydrogen (secondary N) is 1. The second kappa shape index (κ2) is 7.64. The number of anilines is 2. The first-order valence-electron chi connectivity index (χ1n) is 10.3. The van der Waals surface area contributed by atoms with E-state index in [1.165, 1.54) is 7.11 Å². The monoisotopic (exact) mass is 483 g/mol. The van der Waals surface area contributed by atoms with Gasteiger partial charge in [0.2, 0.25) is 5.91 Å².